The monoisotopic (exact) mass is 278 g/mol. The summed E-state index contributed by atoms with van der Waals surface area (Å²) in [7, 11) is -3.27. The first-order valence-electron chi connectivity index (χ1n) is 6.39. The molecule has 0 atom stereocenters. The summed E-state index contributed by atoms with van der Waals surface area (Å²) < 4.78 is 11.8. The molecule has 4 heteroatoms. The fourth-order valence-corrected chi connectivity index (χ4v) is 9.72. The first kappa shape index (κ1) is 13.4. The van der Waals surface area contributed by atoms with Gasteiger partial charge in [0.15, 0.2) is 0 Å². The molecule has 0 saturated heterocycles. The van der Waals surface area contributed by atoms with E-state index in [-0.39, 0.29) is 0 Å². The van der Waals surface area contributed by atoms with Crippen molar-refractivity contribution in [3.8, 4) is 0 Å². The number of hydrogen-bond donors (Lipinski definition) is 0. The molecule has 0 spiro atoms. The summed E-state index contributed by atoms with van der Waals surface area (Å²) in [4.78, 5) is 0. The van der Waals surface area contributed by atoms with Crippen LogP contribution < -0.4 is 10.8 Å². The van der Waals surface area contributed by atoms with Gasteiger partial charge in [0.05, 0.1) is 22.3 Å². The maximum absolute atomic E-state index is 5.92. The van der Waals surface area contributed by atoms with Crippen molar-refractivity contribution in [1.29, 1.82) is 0 Å². The van der Waals surface area contributed by atoms with Crippen LogP contribution in [-0.2, 0) is 0 Å². The van der Waals surface area contributed by atoms with Gasteiger partial charge >= 0.3 is 0 Å². The fourth-order valence-electron chi connectivity index (χ4n) is 2.16. The van der Waals surface area contributed by atoms with Gasteiger partial charge in [-0.05, 0) is 38.1 Å². The van der Waals surface area contributed by atoms with E-state index in [1.54, 1.807) is 0 Å². The third-order valence-electron chi connectivity index (χ3n) is 4.28. The van der Waals surface area contributed by atoms with Crippen LogP contribution in [0, 0.1) is 13.8 Å². The number of hydrogen-bond acceptors (Lipinski definition) is 2. The third kappa shape index (κ3) is 2.03. The van der Waals surface area contributed by atoms with Crippen LogP contribution in [0.4, 0.5) is 0 Å². The van der Waals surface area contributed by atoms with Gasteiger partial charge in [0.2, 0.25) is 0 Å². The van der Waals surface area contributed by atoms with E-state index >= 15 is 0 Å². The maximum Gasteiger partial charge on any atom is 0.127 e. The van der Waals surface area contributed by atoms with Gasteiger partial charge in [-0.2, -0.15) is 0 Å². The van der Waals surface area contributed by atoms with Crippen LogP contribution in [0.5, 0.6) is 0 Å². The van der Waals surface area contributed by atoms with Crippen molar-refractivity contribution < 1.29 is 8.83 Å². The van der Waals surface area contributed by atoms with E-state index in [1.807, 2.05) is 13.8 Å². The Labute approximate surface area is 111 Å². The minimum Gasteiger partial charge on any atom is -0.472 e. The second kappa shape index (κ2) is 4.28. The highest BCUT2D eigenvalue weighted by Gasteiger charge is 2.48. The minimum absolute atomic E-state index is 1.01. The topological polar surface area (TPSA) is 26.3 Å². The Balaban J connectivity index is 2.45. The molecule has 0 aliphatic carbocycles. The molecule has 0 N–H and O–H groups in total. The van der Waals surface area contributed by atoms with Crippen molar-refractivity contribution in [2.24, 2.45) is 0 Å². The molecule has 0 aromatic carbocycles. The van der Waals surface area contributed by atoms with Crippen LogP contribution in [0.1, 0.15) is 11.5 Å². The van der Waals surface area contributed by atoms with Gasteiger partial charge in [-0.3, -0.25) is 0 Å². The Morgan fingerprint density at radius 2 is 1.00 bits per heavy atom. The van der Waals surface area contributed by atoms with Gasteiger partial charge in [-0.15, -0.1) is 0 Å². The van der Waals surface area contributed by atoms with E-state index in [2.05, 4.69) is 50.5 Å². The minimum atomic E-state index is -1.64. The molecule has 18 heavy (non-hydrogen) atoms. The lowest BCUT2D eigenvalue weighted by Gasteiger charge is -2.34. The fraction of sp³-hybridized carbons (Fsp3) is 0.429. The Kier molecular flexibility index (Phi) is 3.19. The van der Waals surface area contributed by atoms with E-state index in [4.69, 9.17) is 8.83 Å². The molecule has 2 nitrogen and oxygen atoms in total. The van der Waals surface area contributed by atoms with Gasteiger partial charge in [0, 0.05) is 0 Å². The van der Waals surface area contributed by atoms with E-state index < -0.39 is 15.2 Å². The Hall–Kier alpha value is -1.01. The van der Waals surface area contributed by atoms with Crippen molar-refractivity contribution in [3.05, 3.63) is 35.8 Å². The molecule has 0 aliphatic rings. The van der Waals surface area contributed by atoms with Crippen molar-refractivity contribution in [2.75, 3.05) is 0 Å². The lowest BCUT2D eigenvalue weighted by atomic mass is 10.5. The van der Waals surface area contributed by atoms with Gasteiger partial charge in [0.1, 0.15) is 15.2 Å². The summed E-state index contributed by atoms with van der Waals surface area (Å²) in [5.74, 6) is 2.01. The highest BCUT2D eigenvalue weighted by molar-refractivity contribution is 7.49. The van der Waals surface area contributed by atoms with Crippen molar-refractivity contribution in [2.45, 2.75) is 40.0 Å². The van der Waals surface area contributed by atoms with Gasteiger partial charge in [0.25, 0.3) is 0 Å². The molecule has 2 heterocycles. The molecule has 0 unspecified atom stereocenters. The quantitative estimate of drug-likeness (QED) is 0.807. The van der Waals surface area contributed by atoms with Crippen molar-refractivity contribution >= 4 is 25.9 Å². The Morgan fingerprint density at radius 1 is 0.667 bits per heavy atom. The summed E-state index contributed by atoms with van der Waals surface area (Å²) in [5.41, 5.74) is 0. The predicted molar refractivity (Wildman–Crippen MR) is 81.1 cm³/mol. The summed E-state index contributed by atoms with van der Waals surface area (Å²) in [5, 5.41) is 2.40. The zero-order chi connectivity index (χ0) is 13.6. The molecule has 0 fully saturated rings. The molecule has 98 valence electrons. The lowest BCUT2D eigenvalue weighted by Crippen LogP contribution is -2.68. The van der Waals surface area contributed by atoms with Gasteiger partial charge in [-0.1, -0.05) is 26.2 Å². The van der Waals surface area contributed by atoms with E-state index in [9.17, 15) is 0 Å². The standard InChI is InChI=1S/C14H22O2Si2/c1-11-7-9-13(15-11)17(3,4)18(5,6)14-10-8-12(2)16-14/h7-10H,1-6H3. The Morgan fingerprint density at radius 3 is 1.22 bits per heavy atom. The highest BCUT2D eigenvalue weighted by Crippen LogP contribution is 2.21. The molecular weight excluding hydrogens is 256 g/mol. The highest BCUT2D eigenvalue weighted by atomic mass is 29.3. The van der Waals surface area contributed by atoms with Gasteiger partial charge < -0.3 is 8.83 Å². The zero-order valence-corrected chi connectivity index (χ0v) is 14.1. The summed E-state index contributed by atoms with van der Waals surface area (Å²) in [6.45, 7) is 13.6. The normalized spacial score (nSPS) is 13.0. The molecular formula is C14H22O2Si2. The molecule has 2 aromatic heterocycles. The van der Waals surface area contributed by atoms with Crippen molar-refractivity contribution in [1.82, 2.24) is 0 Å². The summed E-state index contributed by atoms with van der Waals surface area (Å²) in [6, 6.07) is 8.46. The van der Waals surface area contributed by atoms with E-state index in [0.717, 1.165) is 11.5 Å². The van der Waals surface area contributed by atoms with Crippen LogP contribution >= 0.6 is 0 Å². The average Bonchev–Trinajstić information content (AvgIpc) is 2.87. The smallest absolute Gasteiger partial charge is 0.127 e. The first-order chi connectivity index (χ1) is 8.25. The van der Waals surface area contributed by atoms with Crippen molar-refractivity contribution in [3.63, 3.8) is 0 Å². The summed E-state index contributed by atoms with van der Waals surface area (Å²) >= 11 is 0. The zero-order valence-electron chi connectivity index (χ0n) is 12.1. The molecule has 0 saturated carbocycles. The van der Waals surface area contributed by atoms with Crippen LogP contribution in [0.3, 0.4) is 0 Å². The Bertz CT molecular complexity index is 499. The van der Waals surface area contributed by atoms with Gasteiger partial charge in [-0.25, -0.2) is 0 Å². The number of rotatable bonds is 3. The number of furan rings is 2. The van der Waals surface area contributed by atoms with Crippen LogP contribution in [-0.4, -0.2) is 15.2 Å². The molecule has 2 rings (SSSR count). The molecule has 0 amide bonds. The average molecular weight is 278 g/mol. The molecule has 0 radical (unpaired) electrons. The van der Waals surface area contributed by atoms with Crippen LogP contribution in [0.15, 0.2) is 33.1 Å². The largest absolute Gasteiger partial charge is 0.472 e. The molecule has 2 aromatic rings. The second-order valence-corrected chi connectivity index (χ2v) is 21.1. The van der Waals surface area contributed by atoms with Crippen LogP contribution in [0.25, 0.3) is 0 Å². The summed E-state index contributed by atoms with van der Waals surface area (Å²) in [6.07, 6.45) is 0. The van der Waals surface area contributed by atoms with E-state index in [1.165, 1.54) is 10.8 Å². The molecule has 0 aliphatic heterocycles. The SMILES string of the molecule is Cc1ccc([Si](C)(C)[Si](C)(C)c2ccc(C)o2)o1. The van der Waals surface area contributed by atoms with E-state index in [0.29, 0.717) is 0 Å². The maximum atomic E-state index is 5.92. The van der Waals surface area contributed by atoms with Crippen LogP contribution in [0.2, 0.25) is 26.2 Å². The predicted octanol–water partition coefficient (Wildman–Crippen LogP) is 3.10. The lowest BCUT2D eigenvalue weighted by molar-refractivity contribution is 0.559. The third-order valence-corrected chi connectivity index (χ3v) is 21.3. The second-order valence-electron chi connectivity index (χ2n) is 6.07. The molecule has 0 bridgehead atoms. The first-order valence-corrected chi connectivity index (χ1v) is 13.4. The number of aryl methyl sites for hydroxylation is 2.